The highest BCUT2D eigenvalue weighted by Crippen LogP contribution is 2.25. The van der Waals surface area contributed by atoms with Crippen LogP contribution < -0.4 is 5.32 Å². The summed E-state index contributed by atoms with van der Waals surface area (Å²) in [5.41, 5.74) is -0.118. The van der Waals surface area contributed by atoms with E-state index in [0.29, 0.717) is 18.1 Å². The van der Waals surface area contributed by atoms with Crippen LogP contribution in [0.3, 0.4) is 0 Å². The molecular formula is C15H30N2O2. The smallest absolute Gasteiger partial charge is 0.0724 e. The van der Waals surface area contributed by atoms with Crippen LogP contribution in [0.5, 0.6) is 0 Å². The molecule has 1 heterocycles. The van der Waals surface area contributed by atoms with Gasteiger partial charge < -0.3 is 20.1 Å². The number of aliphatic hydroxyl groups excluding tert-OH is 1. The first kappa shape index (κ1) is 15.2. The first-order chi connectivity index (χ1) is 9.06. The average Bonchev–Trinajstić information content (AvgIpc) is 3.21. The highest BCUT2D eigenvalue weighted by Gasteiger charge is 2.33. The summed E-state index contributed by atoms with van der Waals surface area (Å²) in [6, 6.07) is 0.644. The first-order valence-corrected chi connectivity index (χ1v) is 7.70. The number of nitrogens with one attached hydrogen (secondary N) is 1. The predicted molar refractivity (Wildman–Crippen MR) is 77.3 cm³/mol. The molecule has 1 aliphatic heterocycles. The zero-order valence-electron chi connectivity index (χ0n) is 12.7. The van der Waals surface area contributed by atoms with E-state index in [1.54, 1.807) is 0 Å². The van der Waals surface area contributed by atoms with E-state index in [4.69, 9.17) is 4.74 Å². The second-order valence-corrected chi connectivity index (χ2v) is 6.73. The molecule has 19 heavy (non-hydrogen) atoms. The van der Waals surface area contributed by atoms with E-state index in [0.717, 1.165) is 26.1 Å². The van der Waals surface area contributed by atoms with Gasteiger partial charge in [-0.15, -0.1) is 0 Å². The molecule has 3 atom stereocenters. The second-order valence-electron chi connectivity index (χ2n) is 6.73. The molecule has 2 fully saturated rings. The van der Waals surface area contributed by atoms with Crippen molar-refractivity contribution in [1.82, 2.24) is 10.2 Å². The van der Waals surface area contributed by atoms with Crippen LogP contribution in [0, 0.1) is 5.92 Å². The fraction of sp³-hybridized carbons (Fsp3) is 1.00. The Morgan fingerprint density at radius 1 is 1.37 bits per heavy atom. The van der Waals surface area contributed by atoms with E-state index in [-0.39, 0.29) is 12.1 Å². The summed E-state index contributed by atoms with van der Waals surface area (Å²) >= 11 is 0. The maximum Gasteiger partial charge on any atom is 0.0724 e. The Morgan fingerprint density at radius 3 is 2.68 bits per heavy atom. The number of hydrogen-bond donors (Lipinski definition) is 2. The summed E-state index contributed by atoms with van der Waals surface area (Å²) < 4.78 is 5.56. The molecule has 0 aromatic heterocycles. The summed E-state index contributed by atoms with van der Waals surface area (Å²) in [6.07, 6.45) is 5.12. The minimum absolute atomic E-state index is 0.118. The van der Waals surface area contributed by atoms with Crippen molar-refractivity contribution in [2.75, 3.05) is 33.4 Å². The molecule has 2 aliphatic rings. The minimum atomic E-state index is -0.118. The zero-order chi connectivity index (χ0) is 13.9. The van der Waals surface area contributed by atoms with Crippen LogP contribution in [0.1, 0.15) is 39.5 Å². The second kappa shape index (κ2) is 6.53. The number of ether oxygens (including phenoxy) is 1. The van der Waals surface area contributed by atoms with Crippen molar-refractivity contribution in [3.05, 3.63) is 0 Å². The molecule has 4 heteroatoms. The van der Waals surface area contributed by atoms with Crippen molar-refractivity contribution >= 4 is 0 Å². The number of piperidine rings is 1. The van der Waals surface area contributed by atoms with E-state index in [2.05, 4.69) is 24.1 Å². The molecule has 0 aromatic carbocycles. The summed E-state index contributed by atoms with van der Waals surface area (Å²) in [4.78, 5) is 2.48. The van der Waals surface area contributed by atoms with Crippen LogP contribution in [0.4, 0.5) is 0 Å². The van der Waals surface area contributed by atoms with Gasteiger partial charge in [-0.05, 0) is 45.1 Å². The van der Waals surface area contributed by atoms with E-state index >= 15 is 0 Å². The predicted octanol–water partition coefficient (Wildman–Crippen LogP) is 1.24. The molecule has 1 saturated carbocycles. The highest BCUT2D eigenvalue weighted by molar-refractivity contribution is 4.93. The van der Waals surface area contributed by atoms with Crippen molar-refractivity contribution in [3.8, 4) is 0 Å². The van der Waals surface area contributed by atoms with Crippen LogP contribution in [-0.4, -0.2) is 61.0 Å². The van der Waals surface area contributed by atoms with Gasteiger partial charge in [0.05, 0.1) is 12.7 Å². The minimum Gasteiger partial charge on any atom is -0.394 e. The lowest BCUT2D eigenvalue weighted by atomic mass is 9.94. The van der Waals surface area contributed by atoms with Gasteiger partial charge in [0.15, 0.2) is 0 Å². The van der Waals surface area contributed by atoms with Crippen LogP contribution in [0.15, 0.2) is 0 Å². The quantitative estimate of drug-likeness (QED) is 0.730. The number of rotatable bonds is 7. The number of likely N-dealkylation sites (tertiary alicyclic amines) is 1. The summed E-state index contributed by atoms with van der Waals surface area (Å²) in [5.74, 6) is 0.662. The average molecular weight is 270 g/mol. The number of nitrogens with zero attached hydrogens (tertiary/aromatic N) is 1. The number of hydrogen-bond acceptors (Lipinski definition) is 4. The van der Waals surface area contributed by atoms with Crippen molar-refractivity contribution in [1.29, 1.82) is 0 Å². The van der Waals surface area contributed by atoms with Crippen molar-refractivity contribution in [2.24, 2.45) is 5.92 Å². The standard InChI is InChI=1S/C15H30N2O2/c1-12-6-8-17(10-14(12)19-3)9-7-15(2,11-18)16-13-4-5-13/h12-14,16,18H,4-11H2,1-3H3. The molecule has 1 saturated heterocycles. The van der Waals surface area contributed by atoms with Crippen LogP contribution in [0.25, 0.3) is 0 Å². The third-order valence-corrected chi connectivity index (χ3v) is 4.73. The summed E-state index contributed by atoms with van der Waals surface area (Å²) in [7, 11) is 1.82. The molecule has 0 radical (unpaired) electrons. The maximum atomic E-state index is 9.63. The maximum absolute atomic E-state index is 9.63. The molecule has 2 N–H and O–H groups in total. The Hall–Kier alpha value is -0.160. The largest absolute Gasteiger partial charge is 0.394 e. The molecule has 0 aromatic rings. The molecule has 0 bridgehead atoms. The molecule has 3 unspecified atom stereocenters. The highest BCUT2D eigenvalue weighted by atomic mass is 16.5. The van der Waals surface area contributed by atoms with Gasteiger partial charge >= 0.3 is 0 Å². The third-order valence-electron chi connectivity index (χ3n) is 4.73. The molecule has 4 nitrogen and oxygen atoms in total. The lowest BCUT2D eigenvalue weighted by Crippen LogP contribution is -2.51. The molecule has 2 rings (SSSR count). The van der Waals surface area contributed by atoms with Crippen LogP contribution in [0.2, 0.25) is 0 Å². The van der Waals surface area contributed by atoms with Crippen molar-refractivity contribution < 1.29 is 9.84 Å². The molecule has 0 amide bonds. The number of aliphatic hydroxyl groups is 1. The summed E-state index contributed by atoms with van der Waals surface area (Å²) in [6.45, 7) is 7.88. The van der Waals surface area contributed by atoms with Gasteiger partial charge in [0.25, 0.3) is 0 Å². The van der Waals surface area contributed by atoms with Crippen LogP contribution in [-0.2, 0) is 4.74 Å². The van der Waals surface area contributed by atoms with Gasteiger partial charge in [-0.2, -0.15) is 0 Å². The van der Waals surface area contributed by atoms with Crippen molar-refractivity contribution in [2.45, 2.75) is 57.2 Å². The van der Waals surface area contributed by atoms with E-state index in [1.165, 1.54) is 19.3 Å². The van der Waals surface area contributed by atoms with Gasteiger partial charge in [0.2, 0.25) is 0 Å². The molecule has 1 aliphatic carbocycles. The Bertz CT molecular complexity index is 283. The monoisotopic (exact) mass is 270 g/mol. The van der Waals surface area contributed by atoms with Gasteiger partial charge in [0, 0.05) is 31.8 Å². The van der Waals surface area contributed by atoms with E-state index in [1.807, 2.05) is 7.11 Å². The first-order valence-electron chi connectivity index (χ1n) is 7.70. The fourth-order valence-electron chi connectivity index (χ4n) is 2.93. The molecule has 112 valence electrons. The van der Waals surface area contributed by atoms with Gasteiger partial charge in [-0.3, -0.25) is 0 Å². The SMILES string of the molecule is COC1CN(CCC(C)(CO)NC2CC2)CCC1C. The fourth-order valence-corrected chi connectivity index (χ4v) is 2.93. The normalized spacial score (nSPS) is 32.2. The van der Waals surface area contributed by atoms with Gasteiger partial charge in [-0.1, -0.05) is 6.92 Å². The third kappa shape index (κ3) is 4.42. The topological polar surface area (TPSA) is 44.7 Å². The summed E-state index contributed by atoms with van der Waals surface area (Å²) in [5, 5.41) is 13.2. The Kier molecular flexibility index (Phi) is 5.23. The van der Waals surface area contributed by atoms with Crippen LogP contribution >= 0.6 is 0 Å². The molecule has 0 spiro atoms. The Balaban J connectivity index is 1.77. The lowest BCUT2D eigenvalue weighted by Gasteiger charge is -2.38. The van der Waals surface area contributed by atoms with E-state index in [9.17, 15) is 5.11 Å². The van der Waals surface area contributed by atoms with E-state index < -0.39 is 0 Å². The number of methoxy groups -OCH3 is 1. The van der Waals surface area contributed by atoms with Crippen molar-refractivity contribution in [3.63, 3.8) is 0 Å². The Labute approximate surface area is 117 Å². The zero-order valence-corrected chi connectivity index (χ0v) is 12.7. The lowest BCUT2D eigenvalue weighted by molar-refractivity contribution is -0.00819. The molecular weight excluding hydrogens is 240 g/mol. The Morgan fingerprint density at radius 2 is 2.11 bits per heavy atom. The van der Waals surface area contributed by atoms with Gasteiger partial charge in [-0.25, -0.2) is 0 Å². The van der Waals surface area contributed by atoms with Gasteiger partial charge in [0.1, 0.15) is 0 Å².